The summed E-state index contributed by atoms with van der Waals surface area (Å²) >= 11 is 6.41. The molecule has 1 N–H and O–H groups in total. The molecule has 5 heteroatoms. The lowest BCUT2D eigenvalue weighted by Crippen LogP contribution is -2.40. The topological polar surface area (TPSA) is 53.4 Å². The van der Waals surface area contributed by atoms with Crippen molar-refractivity contribution < 1.29 is 9.90 Å². The number of fused-ring (bicyclic) bond motifs is 2. The summed E-state index contributed by atoms with van der Waals surface area (Å²) in [5, 5.41) is 11.5. The molecule has 3 aromatic rings. The Morgan fingerprint density at radius 2 is 1.81 bits per heavy atom. The second-order valence-electron chi connectivity index (χ2n) is 8.40. The number of pyridine rings is 1. The second-order valence-corrected chi connectivity index (χ2v) is 8.81. The Bertz CT molecular complexity index is 1180. The van der Waals surface area contributed by atoms with Gasteiger partial charge in [0.25, 0.3) is 5.91 Å². The third-order valence-electron chi connectivity index (χ3n) is 6.37. The van der Waals surface area contributed by atoms with Gasteiger partial charge in [0.05, 0.1) is 22.9 Å². The van der Waals surface area contributed by atoms with Crippen molar-refractivity contribution in [3.05, 3.63) is 75.9 Å². The second kappa shape index (κ2) is 8.45. The van der Waals surface area contributed by atoms with E-state index in [4.69, 9.17) is 16.6 Å². The number of nitrogens with zero attached hydrogens (tertiary/aromatic N) is 2. The van der Waals surface area contributed by atoms with E-state index in [9.17, 15) is 9.90 Å². The van der Waals surface area contributed by atoms with Crippen LogP contribution in [-0.2, 0) is 6.42 Å². The fourth-order valence-electron chi connectivity index (χ4n) is 4.73. The van der Waals surface area contributed by atoms with E-state index in [0.29, 0.717) is 31.0 Å². The molecule has 2 aromatic carbocycles. The third-order valence-corrected chi connectivity index (χ3v) is 6.72. The molecule has 31 heavy (non-hydrogen) atoms. The number of allylic oxidation sites excluding steroid dienone is 1. The van der Waals surface area contributed by atoms with Crippen LogP contribution in [-0.4, -0.2) is 40.1 Å². The predicted octanol–water partition coefficient (Wildman–Crippen LogP) is 5.36. The normalized spacial score (nSPS) is 18.4. The van der Waals surface area contributed by atoms with Crippen molar-refractivity contribution in [3.63, 3.8) is 0 Å². The van der Waals surface area contributed by atoms with Crippen molar-refractivity contribution in [1.82, 2.24) is 9.88 Å². The van der Waals surface area contributed by atoms with Crippen LogP contribution in [0.3, 0.4) is 0 Å². The minimum atomic E-state index is -0.308. The Kier molecular flexibility index (Phi) is 5.51. The van der Waals surface area contributed by atoms with Gasteiger partial charge in [0, 0.05) is 23.5 Å². The molecule has 4 nitrogen and oxygen atoms in total. The Balaban J connectivity index is 1.66. The van der Waals surface area contributed by atoms with Crippen molar-refractivity contribution in [1.29, 1.82) is 0 Å². The van der Waals surface area contributed by atoms with Crippen LogP contribution in [0.5, 0.6) is 0 Å². The zero-order valence-corrected chi connectivity index (χ0v) is 18.1. The summed E-state index contributed by atoms with van der Waals surface area (Å²) in [5.41, 5.74) is 5.68. The highest BCUT2D eigenvalue weighted by atomic mass is 35.5. The van der Waals surface area contributed by atoms with Gasteiger partial charge >= 0.3 is 0 Å². The average molecular weight is 433 g/mol. The van der Waals surface area contributed by atoms with Gasteiger partial charge in [-0.15, -0.1) is 0 Å². The van der Waals surface area contributed by atoms with E-state index < -0.39 is 0 Å². The molecule has 0 unspecified atom stereocenters. The van der Waals surface area contributed by atoms with Crippen molar-refractivity contribution in [2.24, 2.45) is 0 Å². The summed E-state index contributed by atoms with van der Waals surface area (Å²) in [6.45, 7) is 1.18. The van der Waals surface area contributed by atoms with Crippen molar-refractivity contribution in [2.75, 3.05) is 13.1 Å². The number of piperidine rings is 1. The molecule has 0 saturated carbocycles. The number of hydrogen-bond acceptors (Lipinski definition) is 3. The van der Waals surface area contributed by atoms with Gasteiger partial charge in [-0.1, -0.05) is 48.0 Å². The molecule has 0 spiro atoms. The summed E-state index contributed by atoms with van der Waals surface area (Å²) in [4.78, 5) is 20.6. The van der Waals surface area contributed by atoms with Crippen LogP contribution in [0.25, 0.3) is 22.6 Å². The molecule has 1 saturated heterocycles. The van der Waals surface area contributed by atoms with E-state index in [1.165, 1.54) is 0 Å². The highest BCUT2D eigenvalue weighted by Gasteiger charge is 2.29. The highest BCUT2D eigenvalue weighted by molar-refractivity contribution is 6.32. The molecule has 2 heterocycles. The molecule has 1 aromatic heterocycles. The van der Waals surface area contributed by atoms with Gasteiger partial charge in [0.1, 0.15) is 0 Å². The number of halogens is 1. The zero-order chi connectivity index (χ0) is 21.4. The molecule has 1 aliphatic heterocycles. The lowest BCUT2D eigenvalue weighted by Gasteiger charge is -2.31. The Morgan fingerprint density at radius 1 is 1.06 bits per heavy atom. The number of benzene rings is 2. The van der Waals surface area contributed by atoms with Crippen LogP contribution in [0.4, 0.5) is 0 Å². The lowest BCUT2D eigenvalue weighted by molar-refractivity contribution is 0.0547. The first-order valence-electron chi connectivity index (χ1n) is 11.0. The summed E-state index contributed by atoms with van der Waals surface area (Å²) in [7, 11) is 0. The molecule has 0 atom stereocenters. The molecular formula is C26H25ClN2O2. The van der Waals surface area contributed by atoms with Gasteiger partial charge in [-0.3, -0.25) is 4.79 Å². The van der Waals surface area contributed by atoms with Crippen LogP contribution < -0.4 is 0 Å². The number of likely N-dealkylation sites (tertiary alicyclic amines) is 1. The fraction of sp³-hybridized carbons (Fsp3) is 0.308. The molecule has 0 bridgehead atoms. The molecule has 1 amide bonds. The number of hydrogen-bond donors (Lipinski definition) is 1. The number of para-hydroxylation sites is 1. The van der Waals surface area contributed by atoms with Crippen molar-refractivity contribution >= 4 is 40.1 Å². The number of rotatable bonds is 2. The SMILES string of the molecule is O=C(c1c2c(nc3ccccc13)C(=Cc1ccccc1Cl)CCC2)N1CCC(O)CC1. The van der Waals surface area contributed by atoms with Gasteiger partial charge in [-0.25, -0.2) is 4.98 Å². The Morgan fingerprint density at radius 3 is 2.61 bits per heavy atom. The maximum absolute atomic E-state index is 13.7. The summed E-state index contributed by atoms with van der Waals surface area (Å²) in [6, 6.07) is 15.7. The van der Waals surface area contributed by atoms with Crippen LogP contribution in [0.15, 0.2) is 48.5 Å². The van der Waals surface area contributed by atoms with Gasteiger partial charge in [0.15, 0.2) is 0 Å². The quantitative estimate of drug-likeness (QED) is 0.592. The average Bonchev–Trinajstić information content (AvgIpc) is 2.79. The fourth-order valence-corrected chi connectivity index (χ4v) is 4.92. The molecule has 0 radical (unpaired) electrons. The number of aliphatic hydroxyl groups excluding tert-OH is 1. The van der Waals surface area contributed by atoms with E-state index >= 15 is 0 Å². The first-order valence-corrected chi connectivity index (χ1v) is 11.3. The smallest absolute Gasteiger partial charge is 0.254 e. The third kappa shape index (κ3) is 3.86. The number of aliphatic hydroxyl groups is 1. The molecule has 5 rings (SSSR count). The van der Waals surface area contributed by atoms with E-state index in [1.807, 2.05) is 53.4 Å². The predicted molar refractivity (Wildman–Crippen MR) is 125 cm³/mol. The van der Waals surface area contributed by atoms with Crippen LogP contribution >= 0.6 is 11.6 Å². The van der Waals surface area contributed by atoms with Crippen molar-refractivity contribution in [2.45, 2.75) is 38.2 Å². The molecule has 1 aliphatic carbocycles. The largest absolute Gasteiger partial charge is 0.393 e. The molecule has 158 valence electrons. The van der Waals surface area contributed by atoms with Gasteiger partial charge < -0.3 is 10.0 Å². The van der Waals surface area contributed by atoms with E-state index in [2.05, 4.69) is 6.08 Å². The maximum Gasteiger partial charge on any atom is 0.254 e. The van der Waals surface area contributed by atoms with Crippen molar-refractivity contribution in [3.8, 4) is 0 Å². The number of carbonyl (C=O) groups excluding carboxylic acids is 1. The van der Waals surface area contributed by atoms with Crippen LogP contribution in [0.1, 0.15) is 52.9 Å². The number of carbonyl (C=O) groups is 1. The number of aromatic nitrogens is 1. The summed E-state index contributed by atoms with van der Waals surface area (Å²) in [5.74, 6) is 0.0562. The van der Waals surface area contributed by atoms with Gasteiger partial charge in [-0.05, 0) is 67.0 Å². The zero-order valence-electron chi connectivity index (χ0n) is 17.4. The first-order chi connectivity index (χ1) is 15.1. The van der Waals surface area contributed by atoms with E-state index in [-0.39, 0.29) is 12.0 Å². The van der Waals surface area contributed by atoms with Crippen LogP contribution in [0.2, 0.25) is 5.02 Å². The highest BCUT2D eigenvalue weighted by Crippen LogP contribution is 2.37. The Hall–Kier alpha value is -2.69. The maximum atomic E-state index is 13.7. The van der Waals surface area contributed by atoms with E-state index in [1.54, 1.807) is 0 Å². The summed E-state index contributed by atoms with van der Waals surface area (Å²) in [6.07, 6.45) is 5.80. The first kappa shape index (κ1) is 20.2. The van der Waals surface area contributed by atoms with Crippen LogP contribution in [0, 0.1) is 0 Å². The minimum absolute atomic E-state index is 0.0562. The van der Waals surface area contributed by atoms with Gasteiger partial charge in [-0.2, -0.15) is 0 Å². The summed E-state index contributed by atoms with van der Waals surface area (Å²) < 4.78 is 0. The molecule has 1 fully saturated rings. The monoisotopic (exact) mass is 432 g/mol. The van der Waals surface area contributed by atoms with Gasteiger partial charge in [0.2, 0.25) is 0 Å². The van der Waals surface area contributed by atoms with E-state index in [0.717, 1.165) is 58.1 Å². The Labute approximate surface area is 187 Å². The number of amides is 1. The standard InChI is InChI=1S/C26H25ClN2O2/c27-22-10-3-1-6-17(22)16-18-7-5-9-21-24(26(31)29-14-12-19(30)13-15-29)20-8-2-4-11-23(20)28-25(18)21/h1-4,6,8,10-11,16,19,30H,5,7,9,12-15H2. The molecule has 2 aliphatic rings. The molecular weight excluding hydrogens is 408 g/mol. The minimum Gasteiger partial charge on any atom is -0.393 e. The lowest BCUT2D eigenvalue weighted by atomic mass is 9.85.